The van der Waals surface area contributed by atoms with Gasteiger partial charge in [0.05, 0.1) is 45.9 Å². The number of hydrogen-bond acceptors (Lipinski definition) is 11. The summed E-state index contributed by atoms with van der Waals surface area (Å²) in [6.07, 6.45) is 3.15. The van der Waals surface area contributed by atoms with Gasteiger partial charge in [-0.25, -0.2) is 18.7 Å². The molecule has 2 aromatic heterocycles. The number of rotatable bonds is 16. The number of halogens is 4. The van der Waals surface area contributed by atoms with Gasteiger partial charge in [-0.15, -0.1) is 0 Å². The maximum Gasteiger partial charge on any atom is 0.176 e. The summed E-state index contributed by atoms with van der Waals surface area (Å²) in [5.41, 5.74) is 6.16. The lowest BCUT2D eigenvalue weighted by Gasteiger charge is -2.40. The minimum Gasteiger partial charge on any atom is -0.380 e. The second kappa shape index (κ2) is 20.5. The number of anilines is 6. The van der Waals surface area contributed by atoms with E-state index in [1.807, 2.05) is 72.8 Å². The number of carbonyl (C=O) groups is 1. The van der Waals surface area contributed by atoms with Crippen LogP contribution < -0.4 is 31.9 Å². The van der Waals surface area contributed by atoms with Gasteiger partial charge in [0.2, 0.25) is 0 Å². The van der Waals surface area contributed by atoms with E-state index in [4.69, 9.17) is 23.2 Å². The van der Waals surface area contributed by atoms with Crippen molar-refractivity contribution in [3.63, 3.8) is 0 Å². The number of hydrogen-bond donors (Lipinski definition) is 6. The molecule has 6 N–H and O–H groups in total. The number of nitrogens with zero attached hydrogens (tertiary/aromatic N) is 4. The first-order chi connectivity index (χ1) is 30.3. The SMILES string of the molecule is O=C(C(c1cccc(Nc2cc(NCc3cccc(F)c3)c(Cl)cn2)c1)N1CCNCC1)C(c1cccc(Nc2cc(NCc3cccc(F)c3)c(Cl)cn2)c1)N1CCNCC1. The molecule has 320 valence electrons. The summed E-state index contributed by atoms with van der Waals surface area (Å²) >= 11 is 13.0. The van der Waals surface area contributed by atoms with Crippen LogP contribution in [0.15, 0.2) is 122 Å². The van der Waals surface area contributed by atoms with E-state index in [9.17, 15) is 8.78 Å². The zero-order valence-electron chi connectivity index (χ0n) is 34.0. The molecule has 2 atom stereocenters. The Morgan fingerprint density at radius 2 is 1.02 bits per heavy atom. The lowest BCUT2D eigenvalue weighted by molar-refractivity contribution is -0.131. The van der Waals surface area contributed by atoms with Crippen molar-refractivity contribution in [3.05, 3.63) is 166 Å². The van der Waals surface area contributed by atoms with Crippen LogP contribution in [0, 0.1) is 11.6 Å². The van der Waals surface area contributed by atoms with E-state index in [-0.39, 0.29) is 17.4 Å². The molecular weight excluding hydrogens is 829 g/mol. The fraction of sp³-hybridized carbons (Fsp3) is 0.255. The zero-order valence-corrected chi connectivity index (χ0v) is 35.5. The molecule has 0 bridgehead atoms. The maximum atomic E-state index is 15.5. The van der Waals surface area contributed by atoms with Crippen LogP contribution in [0.5, 0.6) is 0 Å². The molecule has 11 nitrogen and oxygen atoms in total. The van der Waals surface area contributed by atoms with Crippen LogP contribution in [0.25, 0.3) is 0 Å². The highest BCUT2D eigenvalue weighted by Crippen LogP contribution is 2.36. The quantitative estimate of drug-likeness (QED) is 0.0559. The van der Waals surface area contributed by atoms with Crippen molar-refractivity contribution in [1.29, 1.82) is 0 Å². The second-order valence-corrected chi connectivity index (χ2v) is 16.2. The first-order valence-corrected chi connectivity index (χ1v) is 21.5. The predicted octanol–water partition coefficient (Wildman–Crippen LogP) is 8.93. The van der Waals surface area contributed by atoms with Gasteiger partial charge in [-0.3, -0.25) is 14.6 Å². The number of benzene rings is 4. The second-order valence-electron chi connectivity index (χ2n) is 15.3. The van der Waals surface area contributed by atoms with Gasteiger partial charge in [0.1, 0.15) is 23.3 Å². The highest BCUT2D eigenvalue weighted by atomic mass is 35.5. The summed E-state index contributed by atoms with van der Waals surface area (Å²) in [4.78, 5) is 29.1. The third-order valence-electron chi connectivity index (χ3n) is 11.0. The van der Waals surface area contributed by atoms with E-state index in [0.717, 1.165) is 59.8 Å². The van der Waals surface area contributed by atoms with Crippen molar-refractivity contribution in [2.45, 2.75) is 25.2 Å². The topological polar surface area (TPSA) is 122 Å². The number of aromatic nitrogens is 2. The Kier molecular flexibility index (Phi) is 14.2. The Morgan fingerprint density at radius 1 is 0.597 bits per heavy atom. The van der Waals surface area contributed by atoms with Crippen molar-refractivity contribution >= 4 is 63.4 Å². The van der Waals surface area contributed by atoms with Crippen molar-refractivity contribution < 1.29 is 13.6 Å². The molecule has 4 heterocycles. The minimum absolute atomic E-state index is 0.0880. The van der Waals surface area contributed by atoms with Crippen molar-refractivity contribution in [2.24, 2.45) is 0 Å². The lowest BCUT2D eigenvalue weighted by Crippen LogP contribution is -2.52. The van der Waals surface area contributed by atoms with Gasteiger partial charge in [0.25, 0.3) is 0 Å². The average Bonchev–Trinajstić information content (AvgIpc) is 3.28. The molecule has 15 heteroatoms. The zero-order chi connectivity index (χ0) is 42.8. The standard InChI is InChI=1S/C47H48Cl2F2N10O/c48-39-29-56-43(25-41(39)54-27-31-5-1-9-35(50)21-31)58-37-11-3-7-33(23-37)45(60-17-13-52-14-18-60)47(62)46(61-19-15-53-16-20-61)34-8-4-12-38(24-34)59-44-26-42(40(49)30-57-44)55-28-32-6-2-10-36(51)22-32/h1-12,21-26,29-30,45-46,52-53H,13-20,27-28H2,(H2,54,56,58)(H2,55,57,59). The van der Waals surface area contributed by atoms with E-state index < -0.39 is 12.1 Å². The summed E-state index contributed by atoms with van der Waals surface area (Å²) in [7, 11) is 0. The molecule has 4 aromatic carbocycles. The molecule has 6 aromatic rings. The van der Waals surface area contributed by atoms with E-state index in [1.54, 1.807) is 24.5 Å². The van der Waals surface area contributed by atoms with E-state index in [2.05, 4.69) is 51.7 Å². The Balaban J connectivity index is 1.05. The predicted molar refractivity (Wildman–Crippen MR) is 245 cm³/mol. The van der Waals surface area contributed by atoms with Crippen LogP contribution in [-0.4, -0.2) is 77.9 Å². The molecule has 2 aliphatic heterocycles. The van der Waals surface area contributed by atoms with Crippen LogP contribution >= 0.6 is 23.2 Å². The van der Waals surface area contributed by atoms with Crippen molar-refractivity contribution in [3.8, 4) is 0 Å². The maximum absolute atomic E-state index is 15.5. The summed E-state index contributed by atoms with van der Waals surface area (Å²) < 4.78 is 27.6. The van der Waals surface area contributed by atoms with Crippen molar-refractivity contribution in [1.82, 2.24) is 30.4 Å². The number of pyridine rings is 2. The van der Waals surface area contributed by atoms with Gasteiger partial charge in [0, 0.05) is 89.0 Å². The number of piperazine rings is 2. The minimum atomic E-state index is -0.540. The molecule has 2 unspecified atom stereocenters. The molecule has 0 spiro atoms. The molecule has 0 amide bonds. The smallest absolute Gasteiger partial charge is 0.176 e. The Morgan fingerprint density at radius 3 is 1.44 bits per heavy atom. The first kappa shape index (κ1) is 43.0. The number of carbonyl (C=O) groups excluding carboxylic acids is 1. The molecule has 0 aliphatic carbocycles. The van der Waals surface area contributed by atoms with Crippen LogP contribution in [0.3, 0.4) is 0 Å². The lowest BCUT2D eigenvalue weighted by atomic mass is 9.90. The fourth-order valence-corrected chi connectivity index (χ4v) is 8.32. The molecule has 0 saturated carbocycles. The largest absolute Gasteiger partial charge is 0.380 e. The highest BCUT2D eigenvalue weighted by Gasteiger charge is 2.38. The van der Waals surface area contributed by atoms with Crippen LogP contribution in [-0.2, 0) is 17.9 Å². The van der Waals surface area contributed by atoms with Gasteiger partial charge in [-0.1, -0.05) is 71.7 Å². The molecule has 62 heavy (non-hydrogen) atoms. The van der Waals surface area contributed by atoms with Crippen LogP contribution in [0.1, 0.15) is 34.3 Å². The monoisotopic (exact) mass is 876 g/mol. The van der Waals surface area contributed by atoms with E-state index >= 15 is 4.79 Å². The Bertz CT molecular complexity index is 2310. The summed E-state index contributed by atoms with van der Waals surface area (Å²) in [6.45, 7) is 6.68. The van der Waals surface area contributed by atoms with Gasteiger partial charge in [0.15, 0.2) is 5.78 Å². The average molecular weight is 878 g/mol. The van der Waals surface area contributed by atoms with Crippen molar-refractivity contribution in [2.75, 3.05) is 73.6 Å². The number of Topliss-reactive ketones (excluding diaryl/α,β-unsaturated/α-hetero) is 1. The first-order valence-electron chi connectivity index (χ1n) is 20.7. The van der Waals surface area contributed by atoms with Gasteiger partial charge in [-0.2, -0.15) is 0 Å². The fourth-order valence-electron chi connectivity index (χ4n) is 7.98. The summed E-state index contributed by atoms with van der Waals surface area (Å²) in [5.74, 6) is 0.608. The number of ketones is 1. The number of nitrogens with one attached hydrogen (secondary N) is 6. The summed E-state index contributed by atoms with van der Waals surface area (Å²) in [6, 6.07) is 31.3. The normalized spacial score (nSPS) is 15.7. The third-order valence-corrected chi connectivity index (χ3v) is 11.6. The third kappa shape index (κ3) is 11.0. The van der Waals surface area contributed by atoms with Gasteiger partial charge in [-0.05, 0) is 70.8 Å². The molecule has 2 fully saturated rings. The molecular formula is C47H48Cl2F2N10O. The van der Waals surface area contributed by atoms with Crippen LogP contribution in [0.4, 0.5) is 43.2 Å². The molecule has 2 aliphatic rings. The summed E-state index contributed by atoms with van der Waals surface area (Å²) in [5, 5.41) is 21.2. The van der Waals surface area contributed by atoms with E-state index in [1.165, 1.54) is 24.3 Å². The van der Waals surface area contributed by atoms with E-state index in [0.29, 0.717) is 72.3 Å². The van der Waals surface area contributed by atoms with Crippen LogP contribution in [0.2, 0.25) is 10.0 Å². The molecule has 0 radical (unpaired) electrons. The molecule has 8 rings (SSSR count). The molecule has 2 saturated heterocycles. The Hall–Kier alpha value is -5.67. The van der Waals surface area contributed by atoms with Gasteiger partial charge >= 0.3 is 0 Å². The van der Waals surface area contributed by atoms with Gasteiger partial charge < -0.3 is 31.9 Å². The highest BCUT2D eigenvalue weighted by molar-refractivity contribution is 6.33. The Labute approximate surface area is 370 Å².